The van der Waals surface area contributed by atoms with Crippen molar-refractivity contribution in [3.8, 4) is 11.4 Å². The van der Waals surface area contributed by atoms with Crippen molar-refractivity contribution in [1.82, 2.24) is 29.9 Å². The molecular weight excluding hydrogens is 347 g/mol. The molecule has 0 radical (unpaired) electrons. The lowest BCUT2D eigenvalue weighted by molar-refractivity contribution is 0.0772. The summed E-state index contributed by atoms with van der Waals surface area (Å²) in [6, 6.07) is 11.3. The SMILES string of the molecule is CCn1nccc1C(=O)N1C[C@@H](CF)[C@H](c2nc(-c3ccccc3)n[nH]2)C1. The summed E-state index contributed by atoms with van der Waals surface area (Å²) in [5.74, 6) is 0.566. The molecule has 0 aliphatic carbocycles. The first-order valence-corrected chi connectivity index (χ1v) is 9.06. The quantitative estimate of drug-likeness (QED) is 0.750. The van der Waals surface area contributed by atoms with Gasteiger partial charge in [0.1, 0.15) is 11.5 Å². The molecule has 7 nitrogen and oxygen atoms in total. The van der Waals surface area contributed by atoms with E-state index >= 15 is 0 Å². The van der Waals surface area contributed by atoms with Crippen molar-refractivity contribution in [2.24, 2.45) is 5.92 Å². The summed E-state index contributed by atoms with van der Waals surface area (Å²) in [5.41, 5.74) is 1.42. The van der Waals surface area contributed by atoms with Crippen LogP contribution >= 0.6 is 0 Å². The van der Waals surface area contributed by atoms with Crippen molar-refractivity contribution in [1.29, 1.82) is 0 Å². The molecular formula is C19H21FN6O. The van der Waals surface area contributed by atoms with Gasteiger partial charge in [-0.25, -0.2) is 4.98 Å². The Kier molecular flexibility index (Phi) is 4.70. The summed E-state index contributed by atoms with van der Waals surface area (Å²) in [6.45, 7) is 2.80. The Morgan fingerprint density at radius 2 is 2.07 bits per heavy atom. The summed E-state index contributed by atoms with van der Waals surface area (Å²) in [4.78, 5) is 19.1. The van der Waals surface area contributed by atoms with Crippen LogP contribution in [0.4, 0.5) is 4.39 Å². The minimum atomic E-state index is -0.511. The molecule has 1 fully saturated rings. The highest BCUT2D eigenvalue weighted by Crippen LogP contribution is 2.32. The molecule has 1 saturated heterocycles. The minimum absolute atomic E-state index is 0.127. The Bertz CT molecular complexity index is 921. The molecule has 1 aliphatic rings. The van der Waals surface area contributed by atoms with Gasteiger partial charge in [0.15, 0.2) is 5.82 Å². The summed E-state index contributed by atoms with van der Waals surface area (Å²) in [7, 11) is 0. The fraction of sp³-hybridized carbons (Fsp3) is 0.368. The van der Waals surface area contributed by atoms with Crippen molar-refractivity contribution < 1.29 is 9.18 Å². The summed E-state index contributed by atoms with van der Waals surface area (Å²) >= 11 is 0. The lowest BCUT2D eigenvalue weighted by Crippen LogP contribution is -2.31. The number of hydrogen-bond acceptors (Lipinski definition) is 4. The largest absolute Gasteiger partial charge is 0.336 e. The fourth-order valence-electron chi connectivity index (χ4n) is 3.59. The van der Waals surface area contributed by atoms with E-state index in [9.17, 15) is 9.18 Å². The lowest BCUT2D eigenvalue weighted by atomic mass is 9.97. The average molecular weight is 368 g/mol. The standard InChI is InChI=1S/C19H21FN6O/c1-2-26-16(8-9-21-26)19(27)25-11-14(10-20)15(12-25)18-22-17(23-24-18)13-6-4-3-5-7-13/h3-9,14-15H,2,10-12H2,1H3,(H,22,23,24)/t14-,15-/m1/s1. The Morgan fingerprint density at radius 1 is 1.26 bits per heavy atom. The topological polar surface area (TPSA) is 79.7 Å². The number of likely N-dealkylation sites (tertiary alicyclic amines) is 1. The Balaban J connectivity index is 1.55. The molecule has 0 saturated carbocycles. The van der Waals surface area contributed by atoms with Gasteiger partial charge < -0.3 is 4.90 Å². The molecule has 0 unspecified atom stereocenters. The number of carbonyl (C=O) groups is 1. The number of amides is 1. The number of H-pyrrole nitrogens is 1. The van der Waals surface area contributed by atoms with Crippen molar-refractivity contribution >= 4 is 5.91 Å². The number of halogens is 1. The van der Waals surface area contributed by atoms with Crippen LogP contribution in [0.25, 0.3) is 11.4 Å². The molecule has 27 heavy (non-hydrogen) atoms. The van der Waals surface area contributed by atoms with E-state index in [4.69, 9.17) is 0 Å². The number of alkyl halides is 1. The predicted octanol–water partition coefficient (Wildman–Crippen LogP) is 2.51. The van der Waals surface area contributed by atoms with E-state index in [2.05, 4.69) is 20.3 Å². The van der Waals surface area contributed by atoms with Gasteiger partial charge in [0.2, 0.25) is 0 Å². The number of nitrogens with one attached hydrogen (secondary N) is 1. The number of carbonyl (C=O) groups excluding carboxylic acids is 1. The van der Waals surface area contributed by atoms with Gasteiger partial charge in [-0.05, 0) is 13.0 Å². The first-order valence-electron chi connectivity index (χ1n) is 9.06. The van der Waals surface area contributed by atoms with Crippen LogP contribution in [0.15, 0.2) is 42.6 Å². The first-order chi connectivity index (χ1) is 13.2. The molecule has 1 N–H and O–H groups in total. The van der Waals surface area contributed by atoms with Crippen LogP contribution in [0, 0.1) is 5.92 Å². The molecule has 1 amide bonds. The van der Waals surface area contributed by atoms with E-state index in [0.29, 0.717) is 37.0 Å². The van der Waals surface area contributed by atoms with Crippen LogP contribution in [-0.2, 0) is 6.54 Å². The summed E-state index contributed by atoms with van der Waals surface area (Å²) in [6.07, 6.45) is 1.61. The third-order valence-electron chi connectivity index (χ3n) is 5.05. The molecule has 0 bridgehead atoms. The van der Waals surface area contributed by atoms with Gasteiger partial charge in [-0.2, -0.15) is 10.2 Å². The Labute approximate surface area is 156 Å². The zero-order valence-electron chi connectivity index (χ0n) is 15.0. The van der Waals surface area contributed by atoms with E-state index in [0.717, 1.165) is 5.56 Å². The predicted molar refractivity (Wildman–Crippen MR) is 97.8 cm³/mol. The van der Waals surface area contributed by atoms with Gasteiger partial charge in [-0.15, -0.1) is 0 Å². The number of benzene rings is 1. The summed E-state index contributed by atoms with van der Waals surface area (Å²) in [5, 5.41) is 11.4. The van der Waals surface area contributed by atoms with E-state index in [1.165, 1.54) is 0 Å². The number of rotatable bonds is 5. The van der Waals surface area contributed by atoms with Crippen LogP contribution in [-0.4, -0.2) is 55.5 Å². The van der Waals surface area contributed by atoms with E-state index in [-0.39, 0.29) is 17.7 Å². The van der Waals surface area contributed by atoms with E-state index in [1.54, 1.807) is 21.8 Å². The van der Waals surface area contributed by atoms with Crippen LogP contribution in [0.5, 0.6) is 0 Å². The fourth-order valence-corrected chi connectivity index (χ4v) is 3.59. The average Bonchev–Trinajstić information content (AvgIpc) is 3.46. The van der Waals surface area contributed by atoms with Crippen molar-refractivity contribution in [3.63, 3.8) is 0 Å². The maximum absolute atomic E-state index is 13.7. The number of nitrogens with zero attached hydrogens (tertiary/aromatic N) is 5. The molecule has 2 atom stereocenters. The number of aromatic amines is 1. The lowest BCUT2D eigenvalue weighted by Gasteiger charge is -2.16. The molecule has 3 heterocycles. The highest BCUT2D eigenvalue weighted by molar-refractivity contribution is 5.92. The maximum Gasteiger partial charge on any atom is 0.272 e. The second kappa shape index (κ2) is 7.30. The van der Waals surface area contributed by atoms with Crippen LogP contribution in [0.3, 0.4) is 0 Å². The molecule has 4 rings (SSSR count). The van der Waals surface area contributed by atoms with Gasteiger partial charge in [0.05, 0.1) is 6.67 Å². The van der Waals surface area contributed by atoms with Crippen molar-refractivity contribution in [3.05, 3.63) is 54.1 Å². The second-order valence-corrected chi connectivity index (χ2v) is 6.67. The molecule has 1 aliphatic heterocycles. The molecule has 2 aromatic heterocycles. The first kappa shape index (κ1) is 17.4. The van der Waals surface area contributed by atoms with Crippen molar-refractivity contribution in [2.45, 2.75) is 19.4 Å². The molecule has 0 spiro atoms. The normalized spacial score (nSPS) is 19.6. The van der Waals surface area contributed by atoms with Gasteiger partial charge in [0, 0.05) is 43.2 Å². The van der Waals surface area contributed by atoms with Crippen LogP contribution < -0.4 is 0 Å². The zero-order valence-corrected chi connectivity index (χ0v) is 15.0. The maximum atomic E-state index is 13.7. The van der Waals surface area contributed by atoms with Gasteiger partial charge in [0.25, 0.3) is 5.91 Å². The monoisotopic (exact) mass is 368 g/mol. The minimum Gasteiger partial charge on any atom is -0.336 e. The molecule has 3 aromatic rings. The van der Waals surface area contributed by atoms with Crippen molar-refractivity contribution in [2.75, 3.05) is 19.8 Å². The third-order valence-corrected chi connectivity index (χ3v) is 5.05. The van der Waals surface area contributed by atoms with Gasteiger partial charge >= 0.3 is 0 Å². The van der Waals surface area contributed by atoms with E-state index < -0.39 is 6.67 Å². The smallest absolute Gasteiger partial charge is 0.272 e. The Hall–Kier alpha value is -3.03. The van der Waals surface area contributed by atoms with E-state index in [1.807, 2.05) is 37.3 Å². The summed E-state index contributed by atoms with van der Waals surface area (Å²) < 4.78 is 15.3. The van der Waals surface area contributed by atoms with Gasteiger partial charge in [-0.3, -0.25) is 19.0 Å². The number of aryl methyl sites for hydroxylation is 1. The Morgan fingerprint density at radius 3 is 2.81 bits per heavy atom. The molecule has 1 aromatic carbocycles. The second-order valence-electron chi connectivity index (χ2n) is 6.67. The van der Waals surface area contributed by atoms with Crippen LogP contribution in [0.2, 0.25) is 0 Å². The van der Waals surface area contributed by atoms with Crippen LogP contribution in [0.1, 0.15) is 29.2 Å². The highest BCUT2D eigenvalue weighted by atomic mass is 19.1. The highest BCUT2D eigenvalue weighted by Gasteiger charge is 2.39. The number of aromatic nitrogens is 5. The molecule has 140 valence electrons. The zero-order chi connectivity index (χ0) is 18.8. The number of hydrogen-bond donors (Lipinski definition) is 1. The molecule has 8 heteroatoms. The third kappa shape index (κ3) is 3.22. The van der Waals surface area contributed by atoms with Gasteiger partial charge in [-0.1, -0.05) is 30.3 Å².